The number of aryl methyl sites for hydroxylation is 3. The number of benzene rings is 2. The van der Waals surface area contributed by atoms with Gasteiger partial charge in [-0.1, -0.05) is 6.07 Å². The summed E-state index contributed by atoms with van der Waals surface area (Å²) in [6.45, 7) is 8.78. The zero-order chi connectivity index (χ0) is 19.4. The minimum atomic E-state index is -0.890. The van der Waals surface area contributed by atoms with Gasteiger partial charge in [-0.3, -0.25) is 9.59 Å². The van der Waals surface area contributed by atoms with Gasteiger partial charge in [0.2, 0.25) is 11.7 Å². The number of ketones is 1. The molecule has 5 heteroatoms. The Balaban J connectivity index is 2.10. The first-order valence-corrected chi connectivity index (χ1v) is 8.39. The number of esters is 1. The topological polar surface area (TPSA) is 72.5 Å². The Kier molecular flexibility index (Phi) is 5.93. The van der Waals surface area contributed by atoms with Crippen LogP contribution in [0.1, 0.15) is 51.3 Å². The van der Waals surface area contributed by atoms with Crippen LogP contribution in [0.2, 0.25) is 0 Å². The standard InChI is InChI=1S/C21H23NO4/c1-12-10-14(3)19(11-13(12)2)20(24)15(4)26-21(25)17-6-8-18(9-7-17)22-16(5)23/h6-11,15H,1-5H3,(H,22,23)/t15-/m1/s1. The molecule has 0 spiro atoms. The molecule has 0 aliphatic heterocycles. The molecule has 0 saturated heterocycles. The van der Waals surface area contributed by atoms with Crippen molar-refractivity contribution < 1.29 is 19.1 Å². The number of hydrogen-bond donors (Lipinski definition) is 1. The van der Waals surface area contributed by atoms with Gasteiger partial charge in [-0.05, 0) is 74.7 Å². The first-order chi connectivity index (χ1) is 12.2. The summed E-state index contributed by atoms with van der Waals surface area (Å²) in [5, 5.41) is 2.62. The third kappa shape index (κ3) is 4.57. The van der Waals surface area contributed by atoms with Crippen LogP contribution in [0.4, 0.5) is 5.69 Å². The average Bonchev–Trinajstić information content (AvgIpc) is 2.57. The number of carbonyl (C=O) groups is 3. The van der Waals surface area contributed by atoms with Crippen LogP contribution < -0.4 is 5.32 Å². The Hall–Kier alpha value is -2.95. The number of hydrogen-bond acceptors (Lipinski definition) is 4. The Morgan fingerprint density at radius 1 is 0.923 bits per heavy atom. The molecule has 0 aliphatic carbocycles. The van der Waals surface area contributed by atoms with Crippen molar-refractivity contribution in [2.24, 2.45) is 0 Å². The van der Waals surface area contributed by atoms with Crippen molar-refractivity contribution in [2.75, 3.05) is 5.32 Å². The molecule has 0 saturated carbocycles. The Morgan fingerprint density at radius 2 is 1.50 bits per heavy atom. The second-order valence-corrected chi connectivity index (χ2v) is 6.42. The minimum absolute atomic E-state index is 0.191. The van der Waals surface area contributed by atoms with E-state index in [2.05, 4.69) is 5.32 Å². The molecule has 26 heavy (non-hydrogen) atoms. The zero-order valence-electron chi connectivity index (χ0n) is 15.7. The number of rotatable bonds is 5. The van der Waals surface area contributed by atoms with Crippen LogP contribution in [0.5, 0.6) is 0 Å². The number of ether oxygens (including phenoxy) is 1. The third-order valence-electron chi connectivity index (χ3n) is 4.20. The maximum Gasteiger partial charge on any atom is 0.338 e. The van der Waals surface area contributed by atoms with Gasteiger partial charge >= 0.3 is 5.97 Å². The van der Waals surface area contributed by atoms with Crippen LogP contribution in [0, 0.1) is 20.8 Å². The zero-order valence-corrected chi connectivity index (χ0v) is 15.7. The second kappa shape index (κ2) is 7.95. The lowest BCUT2D eigenvalue weighted by Crippen LogP contribution is -2.25. The van der Waals surface area contributed by atoms with Crippen molar-refractivity contribution >= 4 is 23.3 Å². The van der Waals surface area contributed by atoms with E-state index in [-0.39, 0.29) is 11.7 Å². The van der Waals surface area contributed by atoms with Crippen molar-refractivity contribution in [1.29, 1.82) is 0 Å². The average molecular weight is 353 g/mol. The third-order valence-corrected chi connectivity index (χ3v) is 4.20. The van der Waals surface area contributed by atoms with E-state index in [0.29, 0.717) is 16.8 Å². The molecule has 136 valence electrons. The molecule has 0 bridgehead atoms. The SMILES string of the molecule is CC(=O)Nc1ccc(C(=O)O[C@H](C)C(=O)c2cc(C)c(C)cc2C)cc1. The van der Waals surface area contributed by atoms with Gasteiger partial charge < -0.3 is 10.1 Å². The Bertz CT molecular complexity index is 853. The quantitative estimate of drug-likeness (QED) is 0.651. The number of carbonyl (C=O) groups excluding carboxylic acids is 3. The molecule has 0 fully saturated rings. The van der Waals surface area contributed by atoms with Crippen LogP contribution in [-0.4, -0.2) is 23.8 Å². The van der Waals surface area contributed by atoms with Gasteiger partial charge in [-0.25, -0.2) is 4.79 Å². The number of amides is 1. The maximum absolute atomic E-state index is 12.6. The predicted molar refractivity (Wildman–Crippen MR) is 101 cm³/mol. The van der Waals surface area contributed by atoms with Gasteiger partial charge in [-0.2, -0.15) is 0 Å². The summed E-state index contributed by atoms with van der Waals surface area (Å²) in [6, 6.07) is 10.1. The van der Waals surface area contributed by atoms with Crippen molar-refractivity contribution in [2.45, 2.75) is 40.7 Å². The van der Waals surface area contributed by atoms with Gasteiger partial charge in [0.15, 0.2) is 6.10 Å². The monoisotopic (exact) mass is 353 g/mol. The van der Waals surface area contributed by atoms with Crippen molar-refractivity contribution in [3.05, 3.63) is 64.2 Å². The summed E-state index contributed by atoms with van der Waals surface area (Å²) in [5.74, 6) is -1.00. The van der Waals surface area contributed by atoms with E-state index in [1.165, 1.54) is 6.92 Å². The number of nitrogens with one attached hydrogen (secondary N) is 1. The molecule has 0 unspecified atom stereocenters. The molecular formula is C21H23NO4. The number of anilines is 1. The fourth-order valence-corrected chi connectivity index (χ4v) is 2.62. The molecule has 0 aromatic heterocycles. The highest BCUT2D eigenvalue weighted by atomic mass is 16.5. The Morgan fingerprint density at radius 3 is 2.08 bits per heavy atom. The normalized spacial score (nSPS) is 11.6. The van der Waals surface area contributed by atoms with Crippen LogP contribution in [0.15, 0.2) is 36.4 Å². The van der Waals surface area contributed by atoms with E-state index in [1.807, 2.05) is 32.9 Å². The largest absolute Gasteiger partial charge is 0.451 e. The summed E-state index contributed by atoms with van der Waals surface area (Å²) >= 11 is 0. The molecule has 0 radical (unpaired) electrons. The predicted octanol–water partition coefficient (Wildman–Crippen LogP) is 4.00. The highest BCUT2D eigenvalue weighted by molar-refractivity contribution is 6.02. The van der Waals surface area contributed by atoms with E-state index in [0.717, 1.165) is 16.7 Å². The van der Waals surface area contributed by atoms with Gasteiger partial charge in [0.05, 0.1) is 5.56 Å². The van der Waals surface area contributed by atoms with Gasteiger partial charge in [0.1, 0.15) is 0 Å². The summed E-state index contributed by atoms with van der Waals surface area (Å²) in [7, 11) is 0. The molecule has 2 rings (SSSR count). The van der Waals surface area contributed by atoms with Crippen molar-refractivity contribution in [3.8, 4) is 0 Å². The summed E-state index contributed by atoms with van der Waals surface area (Å²) < 4.78 is 5.32. The van der Waals surface area contributed by atoms with Gasteiger partial charge in [-0.15, -0.1) is 0 Å². The highest BCUT2D eigenvalue weighted by Gasteiger charge is 2.22. The first kappa shape index (κ1) is 19.4. The smallest absolute Gasteiger partial charge is 0.338 e. The molecule has 0 aliphatic rings. The van der Waals surface area contributed by atoms with E-state index < -0.39 is 12.1 Å². The highest BCUT2D eigenvalue weighted by Crippen LogP contribution is 2.19. The number of Topliss-reactive ketones (excluding diaryl/α,β-unsaturated/α-hetero) is 1. The molecule has 5 nitrogen and oxygen atoms in total. The molecule has 2 aromatic rings. The lowest BCUT2D eigenvalue weighted by atomic mass is 9.96. The van der Waals surface area contributed by atoms with E-state index in [9.17, 15) is 14.4 Å². The Labute approximate surface area is 153 Å². The van der Waals surface area contributed by atoms with Crippen LogP contribution in [0.25, 0.3) is 0 Å². The van der Waals surface area contributed by atoms with Crippen molar-refractivity contribution in [3.63, 3.8) is 0 Å². The summed E-state index contributed by atoms with van der Waals surface area (Å²) in [5.41, 5.74) is 4.46. The molecular weight excluding hydrogens is 330 g/mol. The molecule has 1 N–H and O–H groups in total. The van der Waals surface area contributed by atoms with Crippen LogP contribution in [0.3, 0.4) is 0 Å². The second-order valence-electron chi connectivity index (χ2n) is 6.42. The maximum atomic E-state index is 12.6. The fraction of sp³-hybridized carbons (Fsp3) is 0.286. The van der Waals surface area contributed by atoms with Gasteiger partial charge in [0, 0.05) is 18.2 Å². The molecule has 1 amide bonds. The summed E-state index contributed by atoms with van der Waals surface area (Å²) in [4.78, 5) is 35.9. The summed E-state index contributed by atoms with van der Waals surface area (Å²) in [6.07, 6.45) is -0.890. The molecule has 2 aromatic carbocycles. The van der Waals surface area contributed by atoms with Crippen molar-refractivity contribution in [1.82, 2.24) is 0 Å². The van der Waals surface area contributed by atoms with Crippen LogP contribution >= 0.6 is 0 Å². The first-order valence-electron chi connectivity index (χ1n) is 8.39. The lowest BCUT2D eigenvalue weighted by molar-refractivity contribution is -0.114. The fourth-order valence-electron chi connectivity index (χ4n) is 2.62. The van der Waals surface area contributed by atoms with Crippen LogP contribution in [-0.2, 0) is 9.53 Å². The van der Waals surface area contributed by atoms with Gasteiger partial charge in [0.25, 0.3) is 0 Å². The molecule has 1 atom stereocenters. The van der Waals surface area contributed by atoms with E-state index in [4.69, 9.17) is 4.74 Å². The van der Waals surface area contributed by atoms with E-state index in [1.54, 1.807) is 31.2 Å². The van der Waals surface area contributed by atoms with E-state index >= 15 is 0 Å². The minimum Gasteiger partial charge on any atom is -0.451 e. The lowest BCUT2D eigenvalue weighted by Gasteiger charge is -2.15. The molecule has 0 heterocycles.